The highest BCUT2D eigenvalue weighted by Gasteiger charge is 2.15. The van der Waals surface area contributed by atoms with Gasteiger partial charge in [-0.05, 0) is 43.4 Å². The molecule has 0 bridgehead atoms. The molecule has 0 spiro atoms. The van der Waals surface area contributed by atoms with Gasteiger partial charge in [-0.3, -0.25) is 4.57 Å². The van der Waals surface area contributed by atoms with Gasteiger partial charge in [-0.25, -0.2) is 14.8 Å². The van der Waals surface area contributed by atoms with Crippen molar-refractivity contribution in [3.63, 3.8) is 0 Å². The lowest BCUT2D eigenvalue weighted by atomic mass is 10.2. The zero-order chi connectivity index (χ0) is 19.0. The minimum absolute atomic E-state index is 0.265. The first-order valence-corrected chi connectivity index (χ1v) is 8.55. The molecule has 0 aliphatic carbocycles. The van der Waals surface area contributed by atoms with E-state index in [4.69, 9.17) is 4.74 Å². The third-order valence-electron chi connectivity index (χ3n) is 4.38. The summed E-state index contributed by atoms with van der Waals surface area (Å²) < 4.78 is 8.15. The van der Waals surface area contributed by atoms with Crippen LogP contribution in [0.2, 0.25) is 0 Å². The van der Waals surface area contributed by atoms with Crippen molar-refractivity contribution in [1.29, 1.82) is 0 Å². The lowest BCUT2D eigenvalue weighted by Crippen LogP contribution is -2.29. The number of rotatable bonds is 5. The second kappa shape index (κ2) is 6.81. The number of methoxy groups -OCH3 is 1. The molecule has 138 valence electrons. The van der Waals surface area contributed by atoms with Crippen LogP contribution in [-0.2, 0) is 13.1 Å². The average molecular weight is 364 g/mol. The Hall–Kier alpha value is -3.26. The molecule has 0 N–H and O–H groups in total. The molecule has 8 nitrogen and oxygen atoms in total. The highest BCUT2D eigenvalue weighted by atomic mass is 16.5. The number of pyridine rings is 1. The molecule has 0 aliphatic heterocycles. The van der Waals surface area contributed by atoms with Crippen LogP contribution in [0.25, 0.3) is 16.7 Å². The summed E-state index contributed by atoms with van der Waals surface area (Å²) in [5.74, 6) is 0.772. The lowest BCUT2D eigenvalue weighted by Gasteiger charge is -2.13. The predicted molar refractivity (Wildman–Crippen MR) is 102 cm³/mol. The van der Waals surface area contributed by atoms with E-state index < -0.39 is 0 Å². The van der Waals surface area contributed by atoms with Gasteiger partial charge in [-0.1, -0.05) is 12.1 Å². The van der Waals surface area contributed by atoms with Gasteiger partial charge in [-0.2, -0.15) is 9.61 Å². The second-order valence-electron chi connectivity index (χ2n) is 6.66. The van der Waals surface area contributed by atoms with Gasteiger partial charge in [0.25, 0.3) is 0 Å². The quantitative estimate of drug-likeness (QED) is 0.535. The third kappa shape index (κ3) is 3.15. The molecule has 8 heteroatoms. The van der Waals surface area contributed by atoms with Crippen LogP contribution >= 0.6 is 0 Å². The van der Waals surface area contributed by atoms with Crippen LogP contribution in [0.4, 0.5) is 0 Å². The maximum atomic E-state index is 12.9. The van der Waals surface area contributed by atoms with Crippen LogP contribution in [0.3, 0.4) is 0 Å². The van der Waals surface area contributed by atoms with Crippen LogP contribution in [0.5, 0.6) is 5.75 Å². The molecule has 3 heterocycles. The SMILES string of the molecule is COc1ccc(Cn2c(=O)n3ncnc3c3cc(CN(C)C)cnc32)cc1. The zero-order valence-corrected chi connectivity index (χ0v) is 15.5. The standard InChI is InChI=1S/C19H20N6O2/c1-23(2)10-14-8-16-17(20-9-14)24(19(26)25-18(16)21-12-22-25)11-13-4-6-15(27-3)7-5-13/h4-9,12H,10-11H2,1-3H3. The minimum atomic E-state index is -0.265. The average Bonchev–Trinajstić information content (AvgIpc) is 3.15. The normalized spacial score (nSPS) is 11.6. The zero-order valence-electron chi connectivity index (χ0n) is 15.5. The van der Waals surface area contributed by atoms with E-state index in [2.05, 4.69) is 20.0 Å². The summed E-state index contributed by atoms with van der Waals surface area (Å²) in [5, 5.41) is 4.91. The van der Waals surface area contributed by atoms with Crippen molar-refractivity contribution >= 4 is 16.7 Å². The maximum absolute atomic E-state index is 12.9. The van der Waals surface area contributed by atoms with E-state index in [1.165, 1.54) is 10.8 Å². The number of ether oxygens (including phenoxy) is 1. The Bertz CT molecular complexity index is 1160. The number of hydrogen-bond acceptors (Lipinski definition) is 6. The largest absolute Gasteiger partial charge is 0.497 e. The molecular formula is C19H20N6O2. The molecular weight excluding hydrogens is 344 g/mol. The second-order valence-corrected chi connectivity index (χ2v) is 6.66. The monoisotopic (exact) mass is 364 g/mol. The highest BCUT2D eigenvalue weighted by Crippen LogP contribution is 2.19. The smallest absolute Gasteiger partial charge is 0.352 e. The molecule has 0 saturated carbocycles. The molecule has 0 atom stereocenters. The fourth-order valence-electron chi connectivity index (χ4n) is 3.16. The van der Waals surface area contributed by atoms with Gasteiger partial charge in [0.05, 0.1) is 19.0 Å². The summed E-state index contributed by atoms with van der Waals surface area (Å²) in [6, 6.07) is 9.64. The van der Waals surface area contributed by atoms with Crippen molar-refractivity contribution in [3.8, 4) is 5.75 Å². The molecule has 4 rings (SSSR count). The van der Waals surface area contributed by atoms with Crippen molar-refractivity contribution < 1.29 is 4.74 Å². The van der Waals surface area contributed by atoms with Gasteiger partial charge < -0.3 is 9.64 Å². The first-order chi connectivity index (χ1) is 13.1. The van der Waals surface area contributed by atoms with E-state index >= 15 is 0 Å². The van der Waals surface area contributed by atoms with Crippen LogP contribution in [-0.4, -0.2) is 50.3 Å². The van der Waals surface area contributed by atoms with Gasteiger partial charge in [0, 0.05) is 12.7 Å². The van der Waals surface area contributed by atoms with Crippen molar-refractivity contribution in [3.05, 3.63) is 64.5 Å². The summed E-state index contributed by atoms with van der Waals surface area (Å²) in [6.07, 6.45) is 3.20. The third-order valence-corrected chi connectivity index (χ3v) is 4.38. The molecule has 0 fully saturated rings. The number of hydrogen-bond donors (Lipinski definition) is 0. The van der Waals surface area contributed by atoms with Gasteiger partial charge in [0.1, 0.15) is 17.7 Å². The number of benzene rings is 1. The van der Waals surface area contributed by atoms with E-state index in [-0.39, 0.29) is 5.69 Å². The van der Waals surface area contributed by atoms with Gasteiger partial charge >= 0.3 is 5.69 Å². The number of fused-ring (bicyclic) bond motifs is 3. The summed E-state index contributed by atoms with van der Waals surface area (Å²) in [7, 11) is 5.63. The van der Waals surface area contributed by atoms with Crippen molar-refractivity contribution in [2.75, 3.05) is 21.2 Å². The van der Waals surface area contributed by atoms with Crippen molar-refractivity contribution in [2.45, 2.75) is 13.1 Å². The molecule has 3 aromatic heterocycles. The summed E-state index contributed by atoms with van der Waals surface area (Å²) >= 11 is 0. The fraction of sp³-hybridized carbons (Fsp3) is 0.263. The Kier molecular flexibility index (Phi) is 4.33. The van der Waals surface area contributed by atoms with Crippen molar-refractivity contribution in [2.24, 2.45) is 0 Å². The molecule has 27 heavy (non-hydrogen) atoms. The topological polar surface area (TPSA) is 77.5 Å². The van der Waals surface area contributed by atoms with E-state index in [1.807, 2.05) is 44.4 Å². The van der Waals surface area contributed by atoms with Crippen LogP contribution in [0.15, 0.2) is 47.7 Å². The van der Waals surface area contributed by atoms with E-state index in [0.29, 0.717) is 17.8 Å². The van der Waals surface area contributed by atoms with E-state index in [9.17, 15) is 4.79 Å². The minimum Gasteiger partial charge on any atom is -0.497 e. The van der Waals surface area contributed by atoms with Gasteiger partial charge in [0.15, 0.2) is 5.65 Å². The number of aromatic nitrogens is 5. The summed E-state index contributed by atoms with van der Waals surface area (Å²) in [5.41, 5.74) is 2.87. The molecule has 0 aliphatic rings. The number of nitrogens with zero attached hydrogens (tertiary/aromatic N) is 6. The van der Waals surface area contributed by atoms with E-state index in [0.717, 1.165) is 28.8 Å². The van der Waals surface area contributed by atoms with Crippen LogP contribution in [0.1, 0.15) is 11.1 Å². The first-order valence-electron chi connectivity index (χ1n) is 8.55. The Morgan fingerprint density at radius 1 is 1.07 bits per heavy atom. The van der Waals surface area contributed by atoms with Gasteiger partial charge in [-0.15, -0.1) is 0 Å². The molecule has 0 radical (unpaired) electrons. The summed E-state index contributed by atoms with van der Waals surface area (Å²) in [4.78, 5) is 23.9. The first kappa shape index (κ1) is 17.2. The Morgan fingerprint density at radius 3 is 2.56 bits per heavy atom. The molecule has 1 aromatic carbocycles. The fourth-order valence-corrected chi connectivity index (χ4v) is 3.16. The molecule has 0 amide bonds. The van der Waals surface area contributed by atoms with Crippen LogP contribution in [0, 0.1) is 0 Å². The van der Waals surface area contributed by atoms with E-state index in [1.54, 1.807) is 17.9 Å². The van der Waals surface area contributed by atoms with Crippen molar-refractivity contribution in [1.82, 2.24) is 29.0 Å². The Balaban J connectivity index is 1.89. The highest BCUT2D eigenvalue weighted by molar-refractivity contribution is 5.89. The lowest BCUT2D eigenvalue weighted by molar-refractivity contribution is 0.402. The Labute approximate surface area is 155 Å². The molecule has 0 saturated heterocycles. The predicted octanol–water partition coefficient (Wildman–Crippen LogP) is 1.56. The van der Waals surface area contributed by atoms with Crippen LogP contribution < -0.4 is 10.4 Å². The molecule has 4 aromatic rings. The van der Waals surface area contributed by atoms with Gasteiger partial charge in [0.2, 0.25) is 0 Å². The summed E-state index contributed by atoms with van der Waals surface area (Å²) in [6.45, 7) is 1.13. The maximum Gasteiger partial charge on any atom is 0.352 e. The molecule has 0 unspecified atom stereocenters. The Morgan fingerprint density at radius 2 is 1.85 bits per heavy atom.